The number of nitrogens with zero attached hydrogens (tertiary/aromatic N) is 4. The van der Waals surface area contributed by atoms with Gasteiger partial charge in [-0.1, -0.05) is 19.8 Å². The Morgan fingerprint density at radius 1 is 1.23 bits per heavy atom. The fourth-order valence-corrected chi connectivity index (χ4v) is 1.40. The largest absolute Gasteiger partial charge is 0.231 e. The lowest BCUT2D eigenvalue weighted by atomic mass is 10.1. The third kappa shape index (κ3) is 1.56. The SMILES string of the molecule is CCCCCC1=C2N=CN=C2N=N1. The second-order valence-electron chi connectivity index (χ2n) is 3.15. The van der Waals surface area contributed by atoms with Gasteiger partial charge in [-0.05, 0) is 12.8 Å². The number of hydrogen-bond acceptors (Lipinski definition) is 4. The van der Waals surface area contributed by atoms with Crippen molar-refractivity contribution in [1.29, 1.82) is 0 Å². The Hall–Kier alpha value is -1.32. The van der Waals surface area contributed by atoms with Crippen molar-refractivity contribution in [3.8, 4) is 0 Å². The maximum atomic E-state index is 4.12. The van der Waals surface area contributed by atoms with Crippen LogP contribution in [0, 0.1) is 0 Å². The molecule has 0 amide bonds. The summed E-state index contributed by atoms with van der Waals surface area (Å²) in [7, 11) is 0. The van der Waals surface area contributed by atoms with Crippen LogP contribution in [0.5, 0.6) is 0 Å². The van der Waals surface area contributed by atoms with Crippen molar-refractivity contribution in [1.82, 2.24) is 0 Å². The summed E-state index contributed by atoms with van der Waals surface area (Å²) < 4.78 is 0. The number of rotatable bonds is 4. The van der Waals surface area contributed by atoms with Crippen LogP contribution in [0.3, 0.4) is 0 Å². The van der Waals surface area contributed by atoms with E-state index >= 15 is 0 Å². The van der Waals surface area contributed by atoms with Gasteiger partial charge in [-0.3, -0.25) is 0 Å². The molecular weight excluding hydrogens is 164 g/mol. The highest BCUT2D eigenvalue weighted by atomic mass is 15.2. The van der Waals surface area contributed by atoms with E-state index in [2.05, 4.69) is 27.1 Å². The molecule has 2 aliphatic heterocycles. The van der Waals surface area contributed by atoms with Crippen molar-refractivity contribution in [2.45, 2.75) is 32.6 Å². The summed E-state index contributed by atoms with van der Waals surface area (Å²) in [6.07, 6.45) is 6.15. The normalized spacial score (nSPS) is 18.4. The van der Waals surface area contributed by atoms with Crippen LogP contribution in [0.25, 0.3) is 0 Å². The van der Waals surface area contributed by atoms with Gasteiger partial charge in [0, 0.05) is 0 Å². The van der Waals surface area contributed by atoms with Crippen LogP contribution < -0.4 is 0 Å². The maximum Gasteiger partial charge on any atom is 0.203 e. The highest BCUT2D eigenvalue weighted by molar-refractivity contribution is 6.08. The van der Waals surface area contributed by atoms with Crippen molar-refractivity contribution in [2.75, 3.05) is 0 Å². The first-order chi connectivity index (χ1) is 6.42. The van der Waals surface area contributed by atoms with E-state index in [0.717, 1.165) is 24.2 Å². The molecule has 0 atom stereocenters. The van der Waals surface area contributed by atoms with Crippen LogP contribution >= 0.6 is 0 Å². The van der Waals surface area contributed by atoms with Crippen molar-refractivity contribution < 1.29 is 0 Å². The summed E-state index contributed by atoms with van der Waals surface area (Å²) in [5, 5.41) is 7.99. The molecule has 0 aromatic carbocycles. The van der Waals surface area contributed by atoms with Crippen LogP contribution in [-0.2, 0) is 0 Å². The van der Waals surface area contributed by atoms with E-state index in [9.17, 15) is 0 Å². The molecule has 0 unspecified atom stereocenters. The number of fused-ring (bicyclic) bond motifs is 1. The number of allylic oxidation sites excluding steroid dienone is 1. The molecule has 0 N–H and O–H groups in total. The number of unbranched alkanes of at least 4 members (excludes halogenated alkanes) is 2. The molecule has 0 bridgehead atoms. The Labute approximate surface area is 77.2 Å². The zero-order chi connectivity index (χ0) is 9.10. The van der Waals surface area contributed by atoms with E-state index in [1.807, 2.05) is 0 Å². The average molecular weight is 176 g/mol. The molecule has 2 heterocycles. The van der Waals surface area contributed by atoms with Gasteiger partial charge in [0.2, 0.25) is 5.84 Å². The van der Waals surface area contributed by atoms with Gasteiger partial charge in [-0.2, -0.15) is 5.11 Å². The predicted octanol–water partition coefficient (Wildman–Crippen LogP) is 2.68. The minimum absolute atomic E-state index is 0.687. The fourth-order valence-electron chi connectivity index (χ4n) is 1.40. The lowest BCUT2D eigenvalue weighted by molar-refractivity contribution is 0.706. The first kappa shape index (κ1) is 8.29. The molecule has 4 heteroatoms. The molecule has 0 aromatic rings. The molecule has 0 fully saturated rings. The molecule has 2 aliphatic rings. The third-order valence-corrected chi connectivity index (χ3v) is 2.13. The number of aliphatic imine (C=N–C) groups is 2. The van der Waals surface area contributed by atoms with Crippen LogP contribution in [0.15, 0.2) is 31.6 Å². The lowest BCUT2D eigenvalue weighted by Crippen LogP contribution is -1.89. The molecule has 0 radical (unpaired) electrons. The minimum Gasteiger partial charge on any atom is -0.231 e. The fraction of sp³-hybridized carbons (Fsp3) is 0.556. The Balaban J connectivity index is 1.99. The Bertz CT molecular complexity index is 323. The molecule has 13 heavy (non-hydrogen) atoms. The van der Waals surface area contributed by atoms with Gasteiger partial charge >= 0.3 is 0 Å². The molecule has 0 aliphatic carbocycles. The van der Waals surface area contributed by atoms with Gasteiger partial charge < -0.3 is 0 Å². The standard InChI is InChI=1S/C9H12N4/c1-2-3-4-5-7-8-9(13-12-7)11-6-10-8/h6H,2-5H2,1H3. The monoisotopic (exact) mass is 176 g/mol. The van der Waals surface area contributed by atoms with E-state index in [1.165, 1.54) is 12.8 Å². The number of azo groups is 1. The highest BCUT2D eigenvalue weighted by Gasteiger charge is 2.20. The molecule has 0 saturated carbocycles. The van der Waals surface area contributed by atoms with Gasteiger partial charge in [-0.25, -0.2) is 9.98 Å². The van der Waals surface area contributed by atoms with Crippen molar-refractivity contribution in [2.24, 2.45) is 20.2 Å². The average Bonchev–Trinajstić information content (AvgIpc) is 2.68. The Morgan fingerprint density at radius 2 is 2.15 bits per heavy atom. The van der Waals surface area contributed by atoms with Crippen LogP contribution in [0.1, 0.15) is 32.6 Å². The smallest absolute Gasteiger partial charge is 0.203 e. The molecule has 2 rings (SSSR count). The molecule has 0 saturated heterocycles. The molecular formula is C9H12N4. The number of hydrogen-bond donors (Lipinski definition) is 0. The van der Waals surface area contributed by atoms with E-state index in [1.54, 1.807) is 6.34 Å². The topological polar surface area (TPSA) is 49.4 Å². The van der Waals surface area contributed by atoms with Gasteiger partial charge in [0.05, 0.1) is 5.70 Å². The Kier molecular flexibility index (Phi) is 2.29. The summed E-state index contributed by atoms with van der Waals surface area (Å²) in [6, 6.07) is 0. The first-order valence-electron chi connectivity index (χ1n) is 4.67. The third-order valence-electron chi connectivity index (χ3n) is 2.13. The first-order valence-corrected chi connectivity index (χ1v) is 4.67. The van der Waals surface area contributed by atoms with Crippen LogP contribution in [0.2, 0.25) is 0 Å². The molecule has 0 spiro atoms. The number of amidine groups is 1. The summed E-state index contributed by atoms with van der Waals surface area (Å²) in [5.41, 5.74) is 1.89. The maximum absolute atomic E-state index is 4.12. The van der Waals surface area contributed by atoms with Crippen molar-refractivity contribution in [3.05, 3.63) is 11.4 Å². The lowest BCUT2D eigenvalue weighted by Gasteiger charge is -1.96. The summed E-state index contributed by atoms with van der Waals surface area (Å²) in [6.45, 7) is 2.19. The van der Waals surface area contributed by atoms with Crippen molar-refractivity contribution in [3.63, 3.8) is 0 Å². The van der Waals surface area contributed by atoms with Crippen LogP contribution in [0.4, 0.5) is 0 Å². The molecule has 4 nitrogen and oxygen atoms in total. The quantitative estimate of drug-likeness (QED) is 0.591. The van der Waals surface area contributed by atoms with Crippen molar-refractivity contribution >= 4 is 12.2 Å². The minimum atomic E-state index is 0.687. The second-order valence-corrected chi connectivity index (χ2v) is 3.15. The van der Waals surface area contributed by atoms with E-state index in [0.29, 0.717) is 5.84 Å². The molecule has 0 aromatic heterocycles. The van der Waals surface area contributed by atoms with E-state index < -0.39 is 0 Å². The van der Waals surface area contributed by atoms with Gasteiger partial charge in [0.15, 0.2) is 0 Å². The van der Waals surface area contributed by atoms with Gasteiger partial charge in [0.25, 0.3) is 0 Å². The summed E-state index contributed by atoms with van der Waals surface area (Å²) in [4.78, 5) is 8.10. The second kappa shape index (κ2) is 3.60. The summed E-state index contributed by atoms with van der Waals surface area (Å²) >= 11 is 0. The Morgan fingerprint density at radius 3 is 3.00 bits per heavy atom. The van der Waals surface area contributed by atoms with E-state index in [-0.39, 0.29) is 0 Å². The van der Waals surface area contributed by atoms with Crippen LogP contribution in [-0.4, -0.2) is 12.2 Å². The molecule has 68 valence electrons. The zero-order valence-electron chi connectivity index (χ0n) is 7.69. The van der Waals surface area contributed by atoms with Gasteiger partial charge in [0.1, 0.15) is 12.0 Å². The predicted molar refractivity (Wildman–Crippen MR) is 52.0 cm³/mol. The zero-order valence-corrected chi connectivity index (χ0v) is 7.69. The van der Waals surface area contributed by atoms with E-state index in [4.69, 9.17) is 0 Å². The highest BCUT2D eigenvalue weighted by Crippen LogP contribution is 2.25. The summed E-state index contributed by atoms with van der Waals surface area (Å²) in [5.74, 6) is 0.687. The van der Waals surface area contributed by atoms with Gasteiger partial charge in [-0.15, -0.1) is 5.11 Å².